The van der Waals surface area contributed by atoms with E-state index in [9.17, 15) is 8.42 Å². The molecule has 0 saturated carbocycles. The molecule has 0 N–H and O–H groups in total. The van der Waals surface area contributed by atoms with Gasteiger partial charge in [-0.2, -0.15) is 4.31 Å². The van der Waals surface area contributed by atoms with Crippen molar-refractivity contribution < 1.29 is 13.2 Å². The first-order chi connectivity index (χ1) is 9.37. The number of ether oxygens (including phenoxy) is 1. The van der Waals surface area contributed by atoms with E-state index in [1.54, 1.807) is 16.4 Å². The van der Waals surface area contributed by atoms with E-state index in [0.29, 0.717) is 12.3 Å². The summed E-state index contributed by atoms with van der Waals surface area (Å²) in [6.07, 6.45) is 2.94. The van der Waals surface area contributed by atoms with Crippen molar-refractivity contribution in [2.24, 2.45) is 0 Å². The van der Waals surface area contributed by atoms with Gasteiger partial charge in [0, 0.05) is 12.6 Å². The molecule has 0 bridgehead atoms. The van der Waals surface area contributed by atoms with Crippen LogP contribution in [0, 0.1) is 13.8 Å². The molecule has 1 fully saturated rings. The Morgan fingerprint density at radius 3 is 2.45 bits per heavy atom. The second kappa shape index (κ2) is 5.74. The summed E-state index contributed by atoms with van der Waals surface area (Å²) in [5.41, 5.74) is 2.00. The number of rotatable bonds is 3. The smallest absolute Gasteiger partial charge is 0.247 e. The minimum Gasteiger partial charge on any atom is -0.495 e. The highest BCUT2D eigenvalue weighted by molar-refractivity contribution is 7.89. The molecule has 0 amide bonds. The van der Waals surface area contributed by atoms with E-state index in [4.69, 9.17) is 4.74 Å². The van der Waals surface area contributed by atoms with Gasteiger partial charge in [0.1, 0.15) is 10.6 Å². The summed E-state index contributed by atoms with van der Waals surface area (Å²) in [4.78, 5) is 0.289. The molecular weight excluding hydrogens is 274 g/mol. The van der Waals surface area contributed by atoms with Gasteiger partial charge in [0.2, 0.25) is 10.0 Å². The number of methoxy groups -OCH3 is 1. The maximum absolute atomic E-state index is 12.9. The molecular formula is C15H23NO3S. The van der Waals surface area contributed by atoms with Gasteiger partial charge in [-0.15, -0.1) is 0 Å². The number of nitrogens with zero attached hydrogens (tertiary/aromatic N) is 1. The Morgan fingerprint density at radius 1 is 1.20 bits per heavy atom. The first kappa shape index (κ1) is 15.3. The van der Waals surface area contributed by atoms with Crippen molar-refractivity contribution in [3.05, 3.63) is 23.3 Å². The van der Waals surface area contributed by atoms with E-state index in [-0.39, 0.29) is 10.9 Å². The summed E-state index contributed by atoms with van der Waals surface area (Å²) in [7, 11) is -1.97. The van der Waals surface area contributed by atoms with Crippen LogP contribution in [0.3, 0.4) is 0 Å². The largest absolute Gasteiger partial charge is 0.495 e. The Kier molecular flexibility index (Phi) is 4.39. The second-order valence-electron chi connectivity index (χ2n) is 5.55. The first-order valence-electron chi connectivity index (χ1n) is 7.05. The topological polar surface area (TPSA) is 46.6 Å². The molecule has 1 aliphatic heterocycles. The Bertz CT molecular complexity index is 595. The summed E-state index contributed by atoms with van der Waals surface area (Å²) < 4.78 is 32.7. The third-order valence-corrected chi connectivity index (χ3v) is 6.14. The molecule has 1 heterocycles. The van der Waals surface area contributed by atoms with Crippen LogP contribution in [0.2, 0.25) is 0 Å². The second-order valence-corrected chi connectivity index (χ2v) is 7.41. The van der Waals surface area contributed by atoms with Crippen molar-refractivity contribution in [2.75, 3.05) is 13.7 Å². The molecule has 5 heteroatoms. The monoisotopic (exact) mass is 297 g/mol. The lowest BCUT2D eigenvalue weighted by Gasteiger charge is -2.32. The molecule has 2 rings (SSSR count). The van der Waals surface area contributed by atoms with E-state index in [2.05, 4.69) is 0 Å². The van der Waals surface area contributed by atoms with Crippen LogP contribution in [0.25, 0.3) is 0 Å². The van der Waals surface area contributed by atoms with E-state index in [1.807, 2.05) is 20.8 Å². The van der Waals surface area contributed by atoms with Gasteiger partial charge in [-0.1, -0.05) is 6.42 Å². The Labute approximate surface area is 121 Å². The van der Waals surface area contributed by atoms with Gasteiger partial charge in [-0.3, -0.25) is 0 Å². The fourth-order valence-electron chi connectivity index (χ4n) is 2.68. The zero-order chi connectivity index (χ0) is 14.9. The van der Waals surface area contributed by atoms with E-state index in [0.717, 1.165) is 30.4 Å². The van der Waals surface area contributed by atoms with Gasteiger partial charge in [0.15, 0.2) is 0 Å². The minimum absolute atomic E-state index is 0.0556. The molecule has 0 aliphatic carbocycles. The zero-order valence-corrected chi connectivity index (χ0v) is 13.5. The number of benzene rings is 1. The highest BCUT2D eigenvalue weighted by Gasteiger charge is 2.33. The Morgan fingerprint density at radius 2 is 1.85 bits per heavy atom. The number of piperidine rings is 1. The molecule has 1 aromatic rings. The van der Waals surface area contributed by atoms with Crippen LogP contribution in [0.15, 0.2) is 17.0 Å². The van der Waals surface area contributed by atoms with Gasteiger partial charge in [-0.05, 0) is 56.9 Å². The summed E-state index contributed by atoms with van der Waals surface area (Å²) in [5, 5.41) is 0. The quantitative estimate of drug-likeness (QED) is 0.862. The third-order valence-electron chi connectivity index (χ3n) is 4.11. The Balaban J connectivity index is 2.51. The fourth-order valence-corrected chi connectivity index (χ4v) is 4.60. The first-order valence-corrected chi connectivity index (χ1v) is 8.49. The summed E-state index contributed by atoms with van der Waals surface area (Å²) in [6.45, 7) is 6.45. The van der Waals surface area contributed by atoms with E-state index in [1.165, 1.54) is 7.11 Å². The van der Waals surface area contributed by atoms with E-state index >= 15 is 0 Å². The summed E-state index contributed by atoms with van der Waals surface area (Å²) in [6, 6.07) is 3.59. The molecule has 112 valence electrons. The normalized spacial score (nSPS) is 20.9. The molecule has 0 radical (unpaired) electrons. The molecule has 4 nitrogen and oxygen atoms in total. The number of sulfonamides is 1. The van der Waals surface area contributed by atoms with Gasteiger partial charge >= 0.3 is 0 Å². The average Bonchev–Trinajstić information content (AvgIpc) is 2.41. The summed E-state index contributed by atoms with van der Waals surface area (Å²) >= 11 is 0. The highest BCUT2D eigenvalue weighted by Crippen LogP contribution is 2.32. The minimum atomic E-state index is -3.48. The van der Waals surface area contributed by atoms with Crippen LogP contribution in [0.4, 0.5) is 0 Å². The van der Waals surface area contributed by atoms with Crippen molar-refractivity contribution in [1.82, 2.24) is 4.31 Å². The van der Waals surface area contributed by atoms with Crippen LogP contribution in [-0.4, -0.2) is 32.4 Å². The average molecular weight is 297 g/mol. The van der Waals surface area contributed by atoms with E-state index < -0.39 is 10.0 Å². The summed E-state index contributed by atoms with van der Waals surface area (Å²) in [5.74, 6) is 0.436. The van der Waals surface area contributed by atoms with Crippen LogP contribution in [0.5, 0.6) is 5.75 Å². The van der Waals surface area contributed by atoms with Crippen molar-refractivity contribution in [1.29, 1.82) is 0 Å². The number of aryl methyl sites for hydroxylation is 2. The van der Waals surface area contributed by atoms with Gasteiger partial charge in [0.05, 0.1) is 7.11 Å². The molecule has 0 spiro atoms. The molecule has 20 heavy (non-hydrogen) atoms. The van der Waals surface area contributed by atoms with Crippen LogP contribution in [-0.2, 0) is 10.0 Å². The van der Waals surface area contributed by atoms with Crippen molar-refractivity contribution in [2.45, 2.75) is 51.0 Å². The number of hydrogen-bond donors (Lipinski definition) is 0. The maximum Gasteiger partial charge on any atom is 0.247 e. The lowest BCUT2D eigenvalue weighted by molar-refractivity contribution is 0.267. The van der Waals surface area contributed by atoms with Crippen LogP contribution < -0.4 is 4.74 Å². The van der Waals surface area contributed by atoms with Crippen LogP contribution in [0.1, 0.15) is 37.3 Å². The third kappa shape index (κ3) is 2.69. The van der Waals surface area contributed by atoms with Crippen molar-refractivity contribution in [3.8, 4) is 5.75 Å². The standard InChI is InChI=1S/C15H23NO3S/c1-11-9-14(19-4)15(10-12(11)2)20(17,18)16-8-6-5-7-13(16)3/h9-10,13H,5-8H2,1-4H3/t13-/m0/s1. The predicted molar refractivity (Wildman–Crippen MR) is 79.7 cm³/mol. The molecule has 1 atom stereocenters. The molecule has 1 aromatic carbocycles. The van der Waals surface area contributed by atoms with Gasteiger partial charge in [-0.25, -0.2) is 8.42 Å². The predicted octanol–water partition coefficient (Wildman–Crippen LogP) is 2.88. The molecule has 0 aromatic heterocycles. The fraction of sp³-hybridized carbons (Fsp3) is 0.600. The van der Waals surface area contributed by atoms with Crippen molar-refractivity contribution in [3.63, 3.8) is 0 Å². The van der Waals surface area contributed by atoms with Gasteiger partial charge < -0.3 is 4.74 Å². The van der Waals surface area contributed by atoms with Crippen molar-refractivity contribution >= 4 is 10.0 Å². The van der Waals surface area contributed by atoms with Gasteiger partial charge in [0.25, 0.3) is 0 Å². The molecule has 1 aliphatic rings. The van der Waals surface area contributed by atoms with Crippen LogP contribution >= 0.6 is 0 Å². The SMILES string of the molecule is COc1cc(C)c(C)cc1S(=O)(=O)N1CCCC[C@@H]1C. The lowest BCUT2D eigenvalue weighted by Crippen LogP contribution is -2.42. The zero-order valence-electron chi connectivity index (χ0n) is 12.6. The maximum atomic E-state index is 12.9. The number of hydrogen-bond acceptors (Lipinski definition) is 3. The highest BCUT2D eigenvalue weighted by atomic mass is 32.2. The molecule has 0 unspecified atom stereocenters. The molecule has 1 saturated heterocycles. The Hall–Kier alpha value is -1.07. The lowest BCUT2D eigenvalue weighted by atomic mass is 10.1.